The van der Waals surface area contributed by atoms with Crippen LogP contribution in [0.3, 0.4) is 0 Å². The van der Waals surface area contributed by atoms with Crippen LogP contribution in [0.25, 0.3) is 0 Å². The molecule has 0 bridgehead atoms. The van der Waals surface area contributed by atoms with Gasteiger partial charge in [-0.15, -0.1) is 0 Å². The zero-order valence-corrected chi connectivity index (χ0v) is 9.86. The van der Waals surface area contributed by atoms with E-state index in [9.17, 15) is 4.79 Å². The zero-order chi connectivity index (χ0) is 11.8. The molecule has 1 aromatic carbocycles. The van der Waals surface area contributed by atoms with Crippen molar-refractivity contribution in [2.24, 2.45) is 0 Å². The van der Waals surface area contributed by atoms with Gasteiger partial charge in [0.15, 0.2) is 5.78 Å². The van der Waals surface area contributed by atoms with Crippen LogP contribution in [0.1, 0.15) is 18.9 Å². The Labute approximate surface area is 96.4 Å². The fraction of sp³-hybridized carbons (Fsp3) is 0.462. The minimum Gasteiger partial charge on any atom is -0.486 e. The number of hydrogen-bond donors (Lipinski definition) is 0. The third kappa shape index (κ3) is 4.45. The maximum Gasteiger partial charge on any atom is 0.195 e. The van der Waals surface area contributed by atoms with Crippen LogP contribution in [0, 0.1) is 0 Å². The van der Waals surface area contributed by atoms with Crippen LogP contribution in [0.4, 0.5) is 0 Å². The Balaban J connectivity index is 2.40. The second-order valence-corrected chi connectivity index (χ2v) is 3.65. The van der Waals surface area contributed by atoms with Crippen molar-refractivity contribution in [3.8, 4) is 5.75 Å². The molecule has 0 N–H and O–H groups in total. The number of ketones is 1. The summed E-state index contributed by atoms with van der Waals surface area (Å²) in [7, 11) is 1.50. The van der Waals surface area contributed by atoms with Crippen molar-refractivity contribution in [3.05, 3.63) is 29.8 Å². The summed E-state index contributed by atoms with van der Waals surface area (Å²) in [6.07, 6.45) is 2.20. The third-order valence-electron chi connectivity index (χ3n) is 2.17. The largest absolute Gasteiger partial charge is 0.486 e. The summed E-state index contributed by atoms with van der Waals surface area (Å²) >= 11 is 0. The van der Waals surface area contributed by atoms with Crippen LogP contribution >= 0.6 is 0 Å². The molecule has 3 nitrogen and oxygen atoms in total. The molecule has 0 spiro atoms. The molecule has 16 heavy (non-hydrogen) atoms. The highest BCUT2D eigenvalue weighted by molar-refractivity contribution is 5.81. The normalized spacial score (nSPS) is 10.1. The van der Waals surface area contributed by atoms with E-state index in [2.05, 4.69) is 6.92 Å². The molecular formula is C13H18O3. The predicted octanol–water partition coefficient (Wildman–Crippen LogP) is 2.23. The molecule has 0 fully saturated rings. The Morgan fingerprint density at radius 2 is 1.88 bits per heavy atom. The van der Waals surface area contributed by atoms with Gasteiger partial charge in [-0.3, -0.25) is 4.79 Å². The highest BCUT2D eigenvalue weighted by Crippen LogP contribution is 2.13. The molecule has 0 saturated carbocycles. The van der Waals surface area contributed by atoms with E-state index in [4.69, 9.17) is 9.47 Å². The Bertz CT molecular complexity index is 316. The summed E-state index contributed by atoms with van der Waals surface area (Å²) in [5.41, 5.74) is 1.29. The van der Waals surface area contributed by atoms with Crippen molar-refractivity contribution < 1.29 is 14.3 Å². The maximum atomic E-state index is 11.1. The van der Waals surface area contributed by atoms with Gasteiger partial charge in [0.25, 0.3) is 0 Å². The van der Waals surface area contributed by atoms with Gasteiger partial charge in [0, 0.05) is 7.11 Å². The minimum absolute atomic E-state index is 0.0554. The molecule has 0 saturated heterocycles. The second kappa shape index (κ2) is 7.01. The molecule has 1 rings (SSSR count). The molecule has 0 heterocycles. The van der Waals surface area contributed by atoms with Crippen molar-refractivity contribution >= 4 is 5.78 Å². The minimum atomic E-state index is -0.0554. The first-order valence-electron chi connectivity index (χ1n) is 5.48. The number of carbonyl (C=O) groups excluding carboxylic acids is 1. The lowest BCUT2D eigenvalue weighted by atomic mass is 10.1. The molecule has 0 radical (unpaired) electrons. The van der Waals surface area contributed by atoms with Crippen molar-refractivity contribution in [2.45, 2.75) is 19.8 Å². The number of aryl methyl sites for hydroxylation is 1. The quantitative estimate of drug-likeness (QED) is 0.709. The van der Waals surface area contributed by atoms with E-state index in [0.29, 0.717) is 0 Å². The van der Waals surface area contributed by atoms with Crippen LogP contribution in [-0.2, 0) is 16.0 Å². The molecule has 88 valence electrons. The highest BCUT2D eigenvalue weighted by atomic mass is 16.5. The Kier molecular flexibility index (Phi) is 5.57. The first-order chi connectivity index (χ1) is 7.76. The molecule has 3 heteroatoms. The number of carbonyl (C=O) groups is 1. The van der Waals surface area contributed by atoms with Crippen molar-refractivity contribution in [1.29, 1.82) is 0 Å². The van der Waals surface area contributed by atoms with Gasteiger partial charge < -0.3 is 9.47 Å². The van der Waals surface area contributed by atoms with Gasteiger partial charge >= 0.3 is 0 Å². The summed E-state index contributed by atoms with van der Waals surface area (Å²) in [6, 6.07) is 7.84. The van der Waals surface area contributed by atoms with E-state index in [1.165, 1.54) is 12.7 Å². The lowest BCUT2D eigenvalue weighted by molar-refractivity contribution is -0.124. The van der Waals surface area contributed by atoms with E-state index >= 15 is 0 Å². The first kappa shape index (κ1) is 12.7. The fourth-order valence-electron chi connectivity index (χ4n) is 1.41. The van der Waals surface area contributed by atoms with E-state index in [1.807, 2.05) is 24.3 Å². The lowest BCUT2D eigenvalue weighted by Crippen LogP contribution is -2.16. The number of rotatable bonds is 7. The van der Waals surface area contributed by atoms with Gasteiger partial charge in [0.05, 0.1) is 0 Å². The highest BCUT2D eigenvalue weighted by Gasteiger charge is 2.02. The van der Waals surface area contributed by atoms with Gasteiger partial charge in [0.2, 0.25) is 0 Å². The summed E-state index contributed by atoms with van der Waals surface area (Å²) in [5.74, 6) is 0.671. The van der Waals surface area contributed by atoms with Crippen LogP contribution in [0.15, 0.2) is 24.3 Å². The summed E-state index contributed by atoms with van der Waals surface area (Å²) < 4.78 is 10.0. The van der Waals surface area contributed by atoms with Gasteiger partial charge in [-0.2, -0.15) is 0 Å². The first-order valence-corrected chi connectivity index (χ1v) is 5.48. The second-order valence-electron chi connectivity index (χ2n) is 3.65. The molecule has 0 amide bonds. The van der Waals surface area contributed by atoms with E-state index in [1.54, 1.807) is 0 Å². The van der Waals surface area contributed by atoms with E-state index in [0.717, 1.165) is 18.6 Å². The number of hydrogen-bond acceptors (Lipinski definition) is 3. The third-order valence-corrected chi connectivity index (χ3v) is 2.17. The van der Waals surface area contributed by atoms with Gasteiger partial charge in [-0.25, -0.2) is 0 Å². The van der Waals surface area contributed by atoms with E-state index in [-0.39, 0.29) is 19.0 Å². The molecule has 0 aliphatic rings. The number of Topliss-reactive ketones (excluding diaryl/α,β-unsaturated/α-hetero) is 1. The van der Waals surface area contributed by atoms with Gasteiger partial charge in [0.1, 0.15) is 19.0 Å². The number of ether oxygens (including phenoxy) is 2. The summed E-state index contributed by atoms with van der Waals surface area (Å²) in [4.78, 5) is 11.1. The predicted molar refractivity (Wildman–Crippen MR) is 62.8 cm³/mol. The SMILES string of the molecule is CCCc1ccc(OCC(=O)COC)cc1. The molecule has 0 aliphatic carbocycles. The van der Waals surface area contributed by atoms with Crippen LogP contribution in [0.5, 0.6) is 5.75 Å². The number of benzene rings is 1. The standard InChI is InChI=1S/C13H18O3/c1-3-4-11-5-7-13(8-6-11)16-10-12(14)9-15-2/h5-8H,3-4,9-10H2,1-2H3. The topological polar surface area (TPSA) is 35.5 Å². The van der Waals surface area contributed by atoms with Crippen molar-refractivity contribution in [3.63, 3.8) is 0 Å². The summed E-state index contributed by atoms with van der Waals surface area (Å²) in [5, 5.41) is 0. The maximum absolute atomic E-state index is 11.1. The van der Waals surface area contributed by atoms with Crippen molar-refractivity contribution in [1.82, 2.24) is 0 Å². The smallest absolute Gasteiger partial charge is 0.195 e. The molecule has 1 aromatic rings. The van der Waals surface area contributed by atoms with Crippen molar-refractivity contribution in [2.75, 3.05) is 20.3 Å². The summed E-state index contributed by atoms with van der Waals surface area (Å²) in [6.45, 7) is 2.32. The van der Waals surface area contributed by atoms with Gasteiger partial charge in [-0.1, -0.05) is 25.5 Å². The zero-order valence-electron chi connectivity index (χ0n) is 9.86. The Hall–Kier alpha value is -1.35. The van der Waals surface area contributed by atoms with Crippen LogP contribution in [0.2, 0.25) is 0 Å². The molecular weight excluding hydrogens is 204 g/mol. The number of methoxy groups -OCH3 is 1. The monoisotopic (exact) mass is 222 g/mol. The van der Waals surface area contributed by atoms with Gasteiger partial charge in [-0.05, 0) is 24.1 Å². The van der Waals surface area contributed by atoms with E-state index < -0.39 is 0 Å². The Morgan fingerprint density at radius 1 is 1.19 bits per heavy atom. The molecule has 0 atom stereocenters. The van der Waals surface area contributed by atoms with Crippen LogP contribution in [-0.4, -0.2) is 26.1 Å². The fourth-order valence-corrected chi connectivity index (χ4v) is 1.41. The molecule has 0 aromatic heterocycles. The van der Waals surface area contributed by atoms with Crippen LogP contribution < -0.4 is 4.74 Å². The molecule has 0 unspecified atom stereocenters. The Morgan fingerprint density at radius 3 is 2.44 bits per heavy atom. The lowest BCUT2D eigenvalue weighted by Gasteiger charge is -2.06. The molecule has 0 aliphatic heterocycles. The average Bonchev–Trinajstić information content (AvgIpc) is 2.29. The average molecular weight is 222 g/mol.